The van der Waals surface area contributed by atoms with Gasteiger partial charge in [-0.1, -0.05) is 0 Å². The Bertz CT molecular complexity index is 588. The Morgan fingerprint density at radius 2 is 2.28 bits per heavy atom. The van der Waals surface area contributed by atoms with Crippen molar-refractivity contribution in [1.29, 1.82) is 0 Å². The monoisotopic (exact) mass is 271 g/mol. The summed E-state index contributed by atoms with van der Waals surface area (Å²) in [6.45, 7) is 1.09. The molecule has 1 amide bonds. The number of carbonyl (C=O) groups excluding carboxylic acids is 1. The van der Waals surface area contributed by atoms with E-state index in [0.29, 0.717) is 13.2 Å². The van der Waals surface area contributed by atoms with E-state index in [1.165, 1.54) is 10.9 Å². The number of carbonyl (C=O) groups is 1. The van der Waals surface area contributed by atoms with E-state index in [1.54, 1.807) is 0 Å². The van der Waals surface area contributed by atoms with Crippen LogP contribution in [0.1, 0.15) is 19.3 Å². The van der Waals surface area contributed by atoms with Gasteiger partial charge in [0.05, 0.1) is 12.8 Å². The van der Waals surface area contributed by atoms with Crippen molar-refractivity contribution in [1.82, 2.24) is 14.5 Å². The SMILES string of the molecule is O=C(NS(=O)(=O)c1cnn2c1OCCC2)C1CC1. The molecule has 1 aliphatic carbocycles. The van der Waals surface area contributed by atoms with E-state index in [-0.39, 0.29) is 16.7 Å². The molecule has 8 heteroatoms. The molecule has 3 rings (SSSR count). The van der Waals surface area contributed by atoms with E-state index in [1.807, 2.05) is 0 Å². The fourth-order valence-corrected chi connectivity index (χ4v) is 2.97. The molecule has 1 aromatic rings. The van der Waals surface area contributed by atoms with Crippen LogP contribution in [-0.2, 0) is 21.4 Å². The number of amides is 1. The number of rotatable bonds is 3. The van der Waals surface area contributed by atoms with Gasteiger partial charge in [0.15, 0.2) is 4.90 Å². The molecule has 1 saturated carbocycles. The maximum absolute atomic E-state index is 12.0. The molecular weight excluding hydrogens is 258 g/mol. The smallest absolute Gasteiger partial charge is 0.271 e. The molecule has 0 bridgehead atoms. The summed E-state index contributed by atoms with van der Waals surface area (Å²) in [5.41, 5.74) is 0. The zero-order chi connectivity index (χ0) is 12.8. The van der Waals surface area contributed by atoms with Crippen LogP contribution in [0, 0.1) is 5.92 Å². The lowest BCUT2D eigenvalue weighted by molar-refractivity contribution is -0.120. The van der Waals surface area contributed by atoms with E-state index in [9.17, 15) is 13.2 Å². The second kappa shape index (κ2) is 3.98. The first-order valence-electron chi connectivity index (χ1n) is 5.83. The number of sulfonamides is 1. The molecule has 2 heterocycles. The lowest BCUT2D eigenvalue weighted by Crippen LogP contribution is -2.32. The van der Waals surface area contributed by atoms with Crippen molar-refractivity contribution < 1.29 is 17.9 Å². The third kappa shape index (κ3) is 1.96. The largest absolute Gasteiger partial charge is 0.477 e. The van der Waals surface area contributed by atoms with Crippen LogP contribution in [0.5, 0.6) is 5.88 Å². The van der Waals surface area contributed by atoms with Crippen molar-refractivity contribution in [2.75, 3.05) is 6.61 Å². The fourth-order valence-electron chi connectivity index (χ4n) is 1.85. The first-order valence-corrected chi connectivity index (χ1v) is 7.31. The van der Waals surface area contributed by atoms with E-state index >= 15 is 0 Å². The van der Waals surface area contributed by atoms with Crippen LogP contribution in [0.25, 0.3) is 0 Å². The van der Waals surface area contributed by atoms with Crippen LogP contribution in [-0.4, -0.2) is 30.7 Å². The average Bonchev–Trinajstić information content (AvgIpc) is 3.08. The molecule has 1 N–H and O–H groups in total. The molecule has 0 aromatic carbocycles. The van der Waals surface area contributed by atoms with Gasteiger partial charge in [0.25, 0.3) is 10.0 Å². The number of hydrogen-bond acceptors (Lipinski definition) is 5. The Kier molecular flexibility index (Phi) is 2.54. The summed E-state index contributed by atoms with van der Waals surface area (Å²) in [5, 5.41) is 3.95. The van der Waals surface area contributed by atoms with Crippen LogP contribution >= 0.6 is 0 Å². The zero-order valence-electron chi connectivity index (χ0n) is 9.63. The Balaban J connectivity index is 1.88. The molecule has 98 valence electrons. The van der Waals surface area contributed by atoms with Crippen LogP contribution < -0.4 is 9.46 Å². The molecule has 7 nitrogen and oxygen atoms in total. The minimum Gasteiger partial charge on any atom is -0.477 e. The van der Waals surface area contributed by atoms with Gasteiger partial charge in [0, 0.05) is 18.9 Å². The average molecular weight is 271 g/mol. The highest BCUT2D eigenvalue weighted by molar-refractivity contribution is 7.90. The zero-order valence-corrected chi connectivity index (χ0v) is 10.4. The Morgan fingerprint density at radius 1 is 1.50 bits per heavy atom. The molecule has 0 unspecified atom stereocenters. The number of nitrogens with one attached hydrogen (secondary N) is 1. The lowest BCUT2D eigenvalue weighted by atomic mass is 10.4. The second-order valence-electron chi connectivity index (χ2n) is 4.48. The third-order valence-electron chi connectivity index (χ3n) is 2.99. The number of hydrogen-bond donors (Lipinski definition) is 1. The predicted octanol–water partition coefficient (Wildman–Crippen LogP) is -0.120. The molecular formula is C10H13N3O4S. The van der Waals surface area contributed by atoms with Crippen molar-refractivity contribution >= 4 is 15.9 Å². The number of nitrogens with zero attached hydrogens (tertiary/aromatic N) is 2. The molecule has 1 aliphatic heterocycles. The minimum atomic E-state index is -3.87. The third-order valence-corrected chi connectivity index (χ3v) is 4.31. The molecule has 2 aliphatic rings. The molecule has 0 saturated heterocycles. The van der Waals surface area contributed by atoms with Gasteiger partial charge in [-0.15, -0.1) is 0 Å². The highest BCUT2D eigenvalue weighted by atomic mass is 32.2. The summed E-state index contributed by atoms with van der Waals surface area (Å²) in [7, 11) is -3.87. The summed E-state index contributed by atoms with van der Waals surface area (Å²) < 4.78 is 33.0. The van der Waals surface area contributed by atoms with E-state index in [0.717, 1.165) is 19.3 Å². The normalized spacial score (nSPS) is 18.9. The molecule has 0 atom stereocenters. The summed E-state index contributed by atoms with van der Waals surface area (Å²) in [4.78, 5) is 11.5. The summed E-state index contributed by atoms with van der Waals surface area (Å²) in [6.07, 6.45) is 3.53. The first-order chi connectivity index (χ1) is 8.58. The summed E-state index contributed by atoms with van der Waals surface area (Å²) in [6, 6.07) is 0. The van der Waals surface area contributed by atoms with Gasteiger partial charge in [-0.25, -0.2) is 17.8 Å². The topological polar surface area (TPSA) is 90.3 Å². The molecule has 0 spiro atoms. The van der Waals surface area contributed by atoms with Gasteiger partial charge < -0.3 is 4.74 Å². The van der Waals surface area contributed by atoms with Crippen LogP contribution in [0.15, 0.2) is 11.1 Å². The molecule has 1 fully saturated rings. The quantitative estimate of drug-likeness (QED) is 0.827. The predicted molar refractivity (Wildman–Crippen MR) is 60.4 cm³/mol. The maximum atomic E-state index is 12.0. The summed E-state index contributed by atoms with van der Waals surface area (Å²) in [5.74, 6) is -0.379. The number of aryl methyl sites for hydroxylation is 1. The van der Waals surface area contributed by atoms with Gasteiger partial charge in [-0.05, 0) is 12.8 Å². The van der Waals surface area contributed by atoms with Crippen molar-refractivity contribution in [3.63, 3.8) is 0 Å². The van der Waals surface area contributed by atoms with Crippen LogP contribution in [0.3, 0.4) is 0 Å². The highest BCUT2D eigenvalue weighted by Gasteiger charge is 2.35. The Morgan fingerprint density at radius 3 is 3.00 bits per heavy atom. The van der Waals surface area contributed by atoms with E-state index in [4.69, 9.17) is 4.74 Å². The maximum Gasteiger partial charge on any atom is 0.271 e. The molecule has 0 radical (unpaired) electrons. The van der Waals surface area contributed by atoms with Crippen LogP contribution in [0.4, 0.5) is 0 Å². The number of aromatic nitrogens is 2. The standard InChI is InChI=1S/C10H13N3O4S/c14-9(7-2-3-7)12-18(15,16)8-6-11-13-4-1-5-17-10(8)13/h6-7H,1-5H2,(H,12,14). The lowest BCUT2D eigenvalue weighted by Gasteiger charge is -2.16. The number of fused-ring (bicyclic) bond motifs is 1. The van der Waals surface area contributed by atoms with E-state index in [2.05, 4.69) is 9.82 Å². The number of ether oxygens (including phenoxy) is 1. The Hall–Kier alpha value is -1.57. The molecule has 1 aromatic heterocycles. The van der Waals surface area contributed by atoms with E-state index < -0.39 is 15.9 Å². The second-order valence-corrected chi connectivity index (χ2v) is 6.13. The van der Waals surface area contributed by atoms with Crippen molar-refractivity contribution in [2.24, 2.45) is 5.92 Å². The highest BCUT2D eigenvalue weighted by Crippen LogP contribution is 2.31. The Labute approximate surface area is 104 Å². The van der Waals surface area contributed by atoms with Gasteiger partial charge in [0.2, 0.25) is 11.8 Å². The summed E-state index contributed by atoms with van der Waals surface area (Å²) >= 11 is 0. The van der Waals surface area contributed by atoms with Crippen molar-refractivity contribution in [2.45, 2.75) is 30.7 Å². The van der Waals surface area contributed by atoms with Crippen molar-refractivity contribution in [3.8, 4) is 5.88 Å². The van der Waals surface area contributed by atoms with Crippen LogP contribution in [0.2, 0.25) is 0 Å². The van der Waals surface area contributed by atoms with Crippen molar-refractivity contribution in [3.05, 3.63) is 6.20 Å². The molecule has 18 heavy (non-hydrogen) atoms. The van der Waals surface area contributed by atoms with Gasteiger partial charge >= 0.3 is 0 Å². The fraction of sp³-hybridized carbons (Fsp3) is 0.600. The van der Waals surface area contributed by atoms with Gasteiger partial charge in [-0.2, -0.15) is 5.10 Å². The van der Waals surface area contributed by atoms with Gasteiger partial charge in [-0.3, -0.25) is 4.79 Å². The van der Waals surface area contributed by atoms with Gasteiger partial charge in [0.1, 0.15) is 0 Å². The first kappa shape index (κ1) is 11.5. The minimum absolute atomic E-state index is 0.0591.